The monoisotopic (exact) mass is 384 g/mol. The number of aryl methyl sites for hydroxylation is 1. The quantitative estimate of drug-likeness (QED) is 0.528. The van der Waals surface area contributed by atoms with Gasteiger partial charge in [0.25, 0.3) is 0 Å². The largest absolute Gasteiger partial charge is 0.494 e. The maximum Gasteiger partial charge on any atom is 0.119 e. The molecule has 0 aliphatic heterocycles. The van der Waals surface area contributed by atoms with E-state index in [2.05, 4.69) is 32.0 Å². The predicted molar refractivity (Wildman–Crippen MR) is 116 cm³/mol. The fourth-order valence-corrected chi connectivity index (χ4v) is 6.22. The van der Waals surface area contributed by atoms with E-state index in [1.807, 2.05) is 0 Å². The van der Waals surface area contributed by atoms with Crippen LogP contribution in [0.2, 0.25) is 0 Å². The lowest BCUT2D eigenvalue weighted by molar-refractivity contribution is -0.0236. The van der Waals surface area contributed by atoms with Crippen molar-refractivity contribution in [2.75, 3.05) is 13.2 Å². The first-order valence-corrected chi connectivity index (χ1v) is 12.1. The van der Waals surface area contributed by atoms with Crippen LogP contribution in [-0.4, -0.2) is 19.3 Å². The van der Waals surface area contributed by atoms with Gasteiger partial charge in [0.15, 0.2) is 0 Å². The summed E-state index contributed by atoms with van der Waals surface area (Å²) in [5.41, 5.74) is 3.14. The van der Waals surface area contributed by atoms with Gasteiger partial charge in [-0.1, -0.05) is 19.9 Å². The number of benzene rings is 1. The summed E-state index contributed by atoms with van der Waals surface area (Å²) in [6, 6.07) is 6.87. The van der Waals surface area contributed by atoms with Crippen LogP contribution in [0.15, 0.2) is 18.2 Å². The zero-order chi connectivity index (χ0) is 19.3. The molecule has 3 aliphatic rings. The highest BCUT2D eigenvalue weighted by Crippen LogP contribution is 2.47. The molecule has 156 valence electrons. The van der Waals surface area contributed by atoms with Crippen LogP contribution in [0, 0.1) is 23.7 Å². The maximum absolute atomic E-state index is 6.09. The van der Waals surface area contributed by atoms with Crippen molar-refractivity contribution in [1.82, 2.24) is 0 Å². The molecule has 0 amide bonds. The molecule has 5 atom stereocenters. The Morgan fingerprint density at radius 1 is 0.786 bits per heavy atom. The molecule has 0 saturated heterocycles. The second-order valence-electron chi connectivity index (χ2n) is 9.68. The normalized spacial score (nSPS) is 32.4. The first kappa shape index (κ1) is 20.3. The first-order chi connectivity index (χ1) is 13.8. The lowest BCUT2D eigenvalue weighted by atomic mass is 9.62. The molecule has 2 nitrogen and oxygen atoms in total. The number of hydrogen-bond acceptors (Lipinski definition) is 2. The van der Waals surface area contributed by atoms with Crippen LogP contribution in [0.25, 0.3) is 0 Å². The van der Waals surface area contributed by atoms with Gasteiger partial charge in [-0.2, -0.15) is 0 Å². The predicted octanol–water partition coefficient (Wildman–Crippen LogP) is 6.59. The summed E-state index contributed by atoms with van der Waals surface area (Å²) in [7, 11) is 0. The molecule has 3 unspecified atom stereocenters. The van der Waals surface area contributed by atoms with Gasteiger partial charge in [0, 0.05) is 6.61 Å². The molecular weight excluding hydrogens is 344 g/mol. The van der Waals surface area contributed by atoms with Crippen molar-refractivity contribution in [3.05, 3.63) is 29.3 Å². The van der Waals surface area contributed by atoms with E-state index < -0.39 is 0 Å². The third-order valence-electron chi connectivity index (χ3n) is 7.75. The van der Waals surface area contributed by atoms with Gasteiger partial charge in [0.2, 0.25) is 0 Å². The van der Waals surface area contributed by atoms with E-state index in [1.165, 1.54) is 57.8 Å². The van der Waals surface area contributed by atoms with Gasteiger partial charge < -0.3 is 9.47 Å². The van der Waals surface area contributed by atoms with Gasteiger partial charge in [0.05, 0.1) is 12.7 Å². The van der Waals surface area contributed by atoms with E-state index in [9.17, 15) is 0 Å². The molecule has 0 N–H and O–H groups in total. The van der Waals surface area contributed by atoms with Crippen LogP contribution in [0.5, 0.6) is 5.75 Å². The summed E-state index contributed by atoms with van der Waals surface area (Å²) in [5, 5.41) is 0. The van der Waals surface area contributed by atoms with E-state index in [4.69, 9.17) is 9.47 Å². The van der Waals surface area contributed by atoms with Crippen molar-refractivity contribution in [3.8, 4) is 5.75 Å². The molecule has 4 rings (SSSR count). The van der Waals surface area contributed by atoms with Crippen LogP contribution in [0.1, 0.15) is 82.8 Å². The average molecular weight is 385 g/mol. The average Bonchev–Trinajstić information content (AvgIpc) is 2.75. The second kappa shape index (κ2) is 9.65. The van der Waals surface area contributed by atoms with Gasteiger partial charge in [0.1, 0.15) is 5.75 Å². The van der Waals surface area contributed by atoms with Crippen molar-refractivity contribution in [3.63, 3.8) is 0 Å². The molecule has 1 aromatic rings. The van der Waals surface area contributed by atoms with E-state index >= 15 is 0 Å². The zero-order valence-electron chi connectivity index (χ0n) is 18.1. The topological polar surface area (TPSA) is 18.5 Å². The minimum atomic E-state index is 0.559. The number of fused-ring (bicyclic) bond motifs is 2. The van der Waals surface area contributed by atoms with Gasteiger partial charge in [-0.05, 0) is 118 Å². The Morgan fingerprint density at radius 3 is 2.36 bits per heavy atom. The van der Waals surface area contributed by atoms with Crippen LogP contribution >= 0.6 is 0 Å². The minimum Gasteiger partial charge on any atom is -0.494 e. The van der Waals surface area contributed by atoms with E-state index in [0.717, 1.165) is 55.5 Å². The SMILES string of the molecule is CCCOc1ccc2c(c1)CCC(C1CCC3C[C@H](OCCC)CC[C@@H]3C1)C2. The molecule has 0 spiro atoms. The highest BCUT2D eigenvalue weighted by molar-refractivity contribution is 5.37. The van der Waals surface area contributed by atoms with Crippen LogP contribution in [-0.2, 0) is 17.6 Å². The Labute approximate surface area is 172 Å². The van der Waals surface area contributed by atoms with Crippen LogP contribution in [0.3, 0.4) is 0 Å². The summed E-state index contributed by atoms with van der Waals surface area (Å²) < 4.78 is 11.9. The van der Waals surface area contributed by atoms with E-state index in [1.54, 1.807) is 11.1 Å². The number of rotatable bonds is 7. The molecular formula is C26H40O2. The molecule has 1 aromatic carbocycles. The Hall–Kier alpha value is -1.02. The van der Waals surface area contributed by atoms with Gasteiger partial charge in [-0.3, -0.25) is 0 Å². The maximum atomic E-state index is 6.09. The molecule has 0 heterocycles. The van der Waals surface area contributed by atoms with Crippen LogP contribution < -0.4 is 4.74 Å². The molecule has 0 aromatic heterocycles. The van der Waals surface area contributed by atoms with Crippen molar-refractivity contribution in [2.24, 2.45) is 23.7 Å². The Bertz CT molecular complexity index is 625. The smallest absolute Gasteiger partial charge is 0.119 e. The van der Waals surface area contributed by atoms with E-state index in [-0.39, 0.29) is 0 Å². The van der Waals surface area contributed by atoms with Crippen molar-refractivity contribution < 1.29 is 9.47 Å². The summed E-state index contributed by atoms with van der Waals surface area (Å²) >= 11 is 0. The standard InChI is InChI=1S/C26H40O2/c1-3-13-27-25-11-9-21-15-19(5-7-23(21)17-25)20-6-8-24-18-26(28-14-4-2)12-10-22(24)16-20/h9,11,17,19-20,22,24,26H,3-8,10,12-16,18H2,1-2H3/t19?,20?,22-,24?,26-/m1/s1. The molecule has 3 aliphatic carbocycles. The van der Waals surface area contributed by atoms with Crippen molar-refractivity contribution in [1.29, 1.82) is 0 Å². The Balaban J connectivity index is 1.31. The minimum absolute atomic E-state index is 0.559. The van der Waals surface area contributed by atoms with Crippen molar-refractivity contribution >= 4 is 0 Å². The van der Waals surface area contributed by atoms with Gasteiger partial charge in [-0.25, -0.2) is 0 Å². The fourth-order valence-electron chi connectivity index (χ4n) is 6.22. The fraction of sp³-hybridized carbons (Fsp3) is 0.769. The molecule has 0 bridgehead atoms. The molecule has 0 radical (unpaired) electrons. The molecule has 2 saturated carbocycles. The number of ether oxygens (including phenoxy) is 2. The lowest BCUT2D eigenvalue weighted by Crippen LogP contribution is -2.37. The summed E-state index contributed by atoms with van der Waals surface area (Å²) in [4.78, 5) is 0. The van der Waals surface area contributed by atoms with E-state index in [0.29, 0.717) is 6.10 Å². The van der Waals surface area contributed by atoms with Crippen LogP contribution in [0.4, 0.5) is 0 Å². The third-order valence-corrected chi connectivity index (χ3v) is 7.75. The number of hydrogen-bond donors (Lipinski definition) is 0. The summed E-state index contributed by atoms with van der Waals surface area (Å²) in [5.74, 6) is 4.86. The highest BCUT2D eigenvalue weighted by Gasteiger charge is 2.38. The Morgan fingerprint density at radius 2 is 1.54 bits per heavy atom. The van der Waals surface area contributed by atoms with Gasteiger partial charge >= 0.3 is 0 Å². The van der Waals surface area contributed by atoms with Crippen molar-refractivity contribution in [2.45, 2.75) is 90.6 Å². The highest BCUT2D eigenvalue weighted by atomic mass is 16.5. The zero-order valence-corrected chi connectivity index (χ0v) is 18.1. The van der Waals surface area contributed by atoms with Gasteiger partial charge in [-0.15, -0.1) is 0 Å². The summed E-state index contributed by atoms with van der Waals surface area (Å²) in [6.45, 7) is 6.17. The molecule has 2 heteroatoms. The molecule has 28 heavy (non-hydrogen) atoms. The first-order valence-electron chi connectivity index (χ1n) is 12.1. The molecule has 2 fully saturated rings. The summed E-state index contributed by atoms with van der Waals surface area (Å²) in [6.07, 6.45) is 15.2. The third kappa shape index (κ3) is 4.75. The Kier molecular flexibility index (Phi) is 6.99. The lowest BCUT2D eigenvalue weighted by Gasteiger charge is -2.45. The second-order valence-corrected chi connectivity index (χ2v) is 9.68.